The van der Waals surface area contributed by atoms with Crippen molar-refractivity contribution in [3.8, 4) is 0 Å². The average molecular weight is 196 g/mol. The van der Waals surface area contributed by atoms with Gasteiger partial charge in [0, 0.05) is 31.1 Å². The maximum absolute atomic E-state index is 11.7. The van der Waals surface area contributed by atoms with Crippen LogP contribution < -0.4 is 5.32 Å². The molecule has 1 heterocycles. The van der Waals surface area contributed by atoms with Crippen LogP contribution in [0.2, 0.25) is 0 Å². The van der Waals surface area contributed by atoms with Crippen LogP contribution in [0.15, 0.2) is 0 Å². The van der Waals surface area contributed by atoms with E-state index in [-0.39, 0.29) is 0 Å². The molecule has 14 heavy (non-hydrogen) atoms. The quantitative estimate of drug-likeness (QED) is 0.730. The predicted molar refractivity (Wildman–Crippen MR) is 56.0 cm³/mol. The molecule has 3 atom stereocenters. The predicted octanol–water partition coefficient (Wildman–Crippen LogP) is 0.994. The summed E-state index contributed by atoms with van der Waals surface area (Å²) in [6.07, 6.45) is 1.90. The van der Waals surface area contributed by atoms with E-state index in [1.165, 1.54) is 6.42 Å². The van der Waals surface area contributed by atoms with Crippen molar-refractivity contribution in [2.75, 3.05) is 6.54 Å². The van der Waals surface area contributed by atoms with Gasteiger partial charge < -0.3 is 10.2 Å². The largest absolute Gasteiger partial charge is 0.338 e. The lowest BCUT2D eigenvalue weighted by molar-refractivity contribution is -0.128. The van der Waals surface area contributed by atoms with E-state index in [0.717, 1.165) is 12.5 Å². The van der Waals surface area contributed by atoms with Crippen molar-refractivity contribution in [1.82, 2.24) is 10.2 Å². The Morgan fingerprint density at radius 3 is 2.64 bits per heavy atom. The zero-order valence-electron chi connectivity index (χ0n) is 9.29. The van der Waals surface area contributed by atoms with E-state index in [0.29, 0.717) is 30.5 Å². The Morgan fingerprint density at radius 2 is 2.14 bits per heavy atom. The van der Waals surface area contributed by atoms with Gasteiger partial charge in [0.25, 0.3) is 0 Å². The standard InChI is InChI=1S/C11H20N2O/c1-7(2)12-9-5-11(14)13(6-9)10-4-8(10)3/h7-10,12H,4-6H2,1-3H3. The van der Waals surface area contributed by atoms with Gasteiger partial charge in [0.15, 0.2) is 0 Å². The van der Waals surface area contributed by atoms with Crippen LogP contribution in [-0.4, -0.2) is 35.5 Å². The van der Waals surface area contributed by atoms with Gasteiger partial charge in [-0.2, -0.15) is 0 Å². The van der Waals surface area contributed by atoms with Crippen molar-refractivity contribution in [3.63, 3.8) is 0 Å². The highest BCUT2D eigenvalue weighted by Crippen LogP contribution is 2.37. The monoisotopic (exact) mass is 196 g/mol. The van der Waals surface area contributed by atoms with Crippen LogP contribution in [0.3, 0.4) is 0 Å². The van der Waals surface area contributed by atoms with Crippen molar-refractivity contribution in [1.29, 1.82) is 0 Å². The van der Waals surface area contributed by atoms with E-state index >= 15 is 0 Å². The van der Waals surface area contributed by atoms with Crippen LogP contribution >= 0.6 is 0 Å². The number of nitrogens with zero attached hydrogens (tertiary/aromatic N) is 1. The molecule has 1 aliphatic carbocycles. The second-order valence-corrected chi connectivity index (χ2v) is 5.05. The van der Waals surface area contributed by atoms with E-state index in [9.17, 15) is 4.79 Å². The molecule has 0 aromatic carbocycles. The zero-order valence-corrected chi connectivity index (χ0v) is 9.29. The molecule has 1 N–H and O–H groups in total. The number of hydrogen-bond donors (Lipinski definition) is 1. The van der Waals surface area contributed by atoms with E-state index in [1.807, 2.05) is 0 Å². The summed E-state index contributed by atoms with van der Waals surface area (Å²) in [6, 6.07) is 1.42. The molecular weight excluding hydrogens is 176 g/mol. The fourth-order valence-electron chi connectivity index (χ4n) is 2.37. The van der Waals surface area contributed by atoms with Gasteiger partial charge in [-0.05, 0) is 12.3 Å². The number of likely N-dealkylation sites (tertiary alicyclic amines) is 1. The van der Waals surface area contributed by atoms with Crippen molar-refractivity contribution >= 4 is 5.91 Å². The number of carbonyl (C=O) groups is 1. The highest BCUT2D eigenvalue weighted by atomic mass is 16.2. The van der Waals surface area contributed by atoms with Crippen LogP contribution in [-0.2, 0) is 4.79 Å². The Hall–Kier alpha value is -0.570. The molecular formula is C11H20N2O. The number of carbonyl (C=O) groups excluding carboxylic acids is 1. The van der Waals surface area contributed by atoms with E-state index < -0.39 is 0 Å². The molecule has 1 saturated heterocycles. The molecule has 2 aliphatic rings. The van der Waals surface area contributed by atoms with Gasteiger partial charge in [-0.3, -0.25) is 4.79 Å². The second-order valence-electron chi connectivity index (χ2n) is 5.05. The lowest BCUT2D eigenvalue weighted by Crippen LogP contribution is -2.37. The summed E-state index contributed by atoms with van der Waals surface area (Å²) >= 11 is 0. The summed E-state index contributed by atoms with van der Waals surface area (Å²) in [4.78, 5) is 13.8. The molecule has 1 amide bonds. The van der Waals surface area contributed by atoms with Crippen molar-refractivity contribution < 1.29 is 4.79 Å². The first-order chi connectivity index (χ1) is 6.58. The average Bonchev–Trinajstić information content (AvgIpc) is 2.66. The molecule has 2 fully saturated rings. The van der Waals surface area contributed by atoms with Crippen LogP contribution in [0, 0.1) is 5.92 Å². The highest BCUT2D eigenvalue weighted by Gasteiger charge is 2.44. The lowest BCUT2D eigenvalue weighted by atomic mass is 10.2. The summed E-state index contributed by atoms with van der Waals surface area (Å²) in [5, 5.41) is 3.44. The molecule has 3 unspecified atom stereocenters. The fraction of sp³-hybridized carbons (Fsp3) is 0.909. The van der Waals surface area contributed by atoms with Gasteiger partial charge in [0.1, 0.15) is 0 Å². The van der Waals surface area contributed by atoms with Crippen molar-refractivity contribution in [2.24, 2.45) is 5.92 Å². The van der Waals surface area contributed by atoms with Gasteiger partial charge in [-0.25, -0.2) is 0 Å². The zero-order chi connectivity index (χ0) is 10.3. The molecule has 1 aliphatic heterocycles. The molecule has 0 spiro atoms. The first kappa shape index (κ1) is 9.97. The van der Waals surface area contributed by atoms with Gasteiger partial charge in [-0.15, -0.1) is 0 Å². The Bertz CT molecular complexity index is 239. The number of amides is 1. The number of nitrogens with one attached hydrogen (secondary N) is 1. The van der Waals surface area contributed by atoms with Crippen LogP contribution in [0.4, 0.5) is 0 Å². The van der Waals surface area contributed by atoms with Crippen LogP contribution in [0.25, 0.3) is 0 Å². The minimum atomic E-state index is 0.345. The normalized spacial score (nSPS) is 37.0. The Morgan fingerprint density at radius 1 is 1.50 bits per heavy atom. The van der Waals surface area contributed by atoms with Crippen LogP contribution in [0.1, 0.15) is 33.6 Å². The maximum Gasteiger partial charge on any atom is 0.224 e. The maximum atomic E-state index is 11.7. The SMILES string of the molecule is CC(C)NC1CC(=O)N(C2CC2C)C1. The summed E-state index contributed by atoms with van der Waals surface area (Å²) in [5.41, 5.74) is 0. The fourth-order valence-corrected chi connectivity index (χ4v) is 2.37. The van der Waals surface area contributed by atoms with Gasteiger partial charge in [0.2, 0.25) is 5.91 Å². The molecule has 1 saturated carbocycles. The summed E-state index contributed by atoms with van der Waals surface area (Å²) in [5.74, 6) is 1.08. The molecule has 0 aromatic heterocycles. The van der Waals surface area contributed by atoms with Gasteiger partial charge in [-0.1, -0.05) is 20.8 Å². The third kappa shape index (κ3) is 1.92. The van der Waals surface area contributed by atoms with Crippen LogP contribution in [0.5, 0.6) is 0 Å². The molecule has 3 nitrogen and oxygen atoms in total. The molecule has 3 heteroatoms. The summed E-state index contributed by atoms with van der Waals surface area (Å²) in [6.45, 7) is 7.41. The Labute approximate surface area is 85.8 Å². The molecule has 80 valence electrons. The first-order valence-electron chi connectivity index (χ1n) is 5.63. The topological polar surface area (TPSA) is 32.3 Å². The third-order valence-electron chi connectivity index (χ3n) is 3.19. The smallest absolute Gasteiger partial charge is 0.224 e. The van der Waals surface area contributed by atoms with Crippen molar-refractivity contribution in [2.45, 2.75) is 51.7 Å². The van der Waals surface area contributed by atoms with E-state index in [2.05, 4.69) is 31.0 Å². The Balaban J connectivity index is 1.87. The van der Waals surface area contributed by atoms with E-state index in [1.54, 1.807) is 0 Å². The summed E-state index contributed by atoms with van der Waals surface area (Å²) < 4.78 is 0. The highest BCUT2D eigenvalue weighted by molar-refractivity contribution is 5.80. The summed E-state index contributed by atoms with van der Waals surface area (Å²) in [7, 11) is 0. The molecule has 0 radical (unpaired) electrons. The Kier molecular flexibility index (Phi) is 2.52. The van der Waals surface area contributed by atoms with Gasteiger partial charge in [0.05, 0.1) is 0 Å². The first-order valence-corrected chi connectivity index (χ1v) is 5.63. The second kappa shape index (κ2) is 3.54. The number of hydrogen-bond acceptors (Lipinski definition) is 2. The van der Waals surface area contributed by atoms with Crippen molar-refractivity contribution in [3.05, 3.63) is 0 Å². The minimum absolute atomic E-state index is 0.345. The molecule has 0 bridgehead atoms. The lowest BCUT2D eigenvalue weighted by Gasteiger charge is -2.18. The minimum Gasteiger partial charge on any atom is -0.338 e. The van der Waals surface area contributed by atoms with Gasteiger partial charge >= 0.3 is 0 Å². The van der Waals surface area contributed by atoms with E-state index in [4.69, 9.17) is 0 Å². The third-order valence-corrected chi connectivity index (χ3v) is 3.19. The molecule has 2 rings (SSSR count). The molecule has 0 aromatic rings. The number of rotatable bonds is 3.